The lowest BCUT2D eigenvalue weighted by Gasteiger charge is -2.18. The Labute approximate surface area is 73.3 Å². The lowest BCUT2D eigenvalue weighted by molar-refractivity contribution is -0.142. The molecule has 0 aliphatic rings. The van der Waals surface area contributed by atoms with E-state index in [9.17, 15) is 4.79 Å². The molecule has 12 heavy (non-hydrogen) atoms. The Kier molecular flexibility index (Phi) is 4.59. The average Bonchev–Trinajstić information content (AvgIpc) is 1.98. The van der Waals surface area contributed by atoms with E-state index >= 15 is 0 Å². The van der Waals surface area contributed by atoms with Gasteiger partial charge in [0.2, 0.25) is 0 Å². The van der Waals surface area contributed by atoms with Crippen molar-refractivity contribution >= 4 is 5.97 Å². The van der Waals surface area contributed by atoms with Crippen LogP contribution in [0.5, 0.6) is 0 Å². The fraction of sp³-hybridized carbons (Fsp3) is 0.667. The van der Waals surface area contributed by atoms with Crippen LogP contribution in [0, 0.1) is 0 Å². The van der Waals surface area contributed by atoms with Crippen LogP contribution in [0.15, 0.2) is 12.7 Å². The molecule has 0 saturated heterocycles. The largest absolute Gasteiger partial charge is 0.480 e. The maximum atomic E-state index is 10.5. The number of carboxylic acids is 1. The Morgan fingerprint density at radius 3 is 2.67 bits per heavy atom. The minimum atomic E-state index is -1.07. The summed E-state index contributed by atoms with van der Waals surface area (Å²) < 4.78 is 0. The van der Waals surface area contributed by atoms with E-state index in [1.165, 1.54) is 0 Å². The highest BCUT2D eigenvalue weighted by Crippen LogP contribution is 2.11. The summed E-state index contributed by atoms with van der Waals surface area (Å²) in [7, 11) is 0. The first-order valence-corrected chi connectivity index (χ1v) is 4.14. The first-order chi connectivity index (χ1) is 5.50. The molecule has 0 spiro atoms. The second-order valence-corrected chi connectivity index (χ2v) is 3.26. The summed E-state index contributed by atoms with van der Waals surface area (Å²) in [6, 6.07) is 0. The van der Waals surface area contributed by atoms with E-state index in [0.29, 0.717) is 6.42 Å². The molecule has 70 valence electrons. The Morgan fingerprint density at radius 2 is 2.25 bits per heavy atom. The molecule has 0 aromatic heterocycles. The fourth-order valence-corrected chi connectivity index (χ4v) is 0.888. The van der Waals surface area contributed by atoms with Gasteiger partial charge in [0.15, 0.2) is 0 Å². The van der Waals surface area contributed by atoms with Gasteiger partial charge in [0.1, 0.15) is 5.54 Å². The van der Waals surface area contributed by atoms with Gasteiger partial charge in [-0.2, -0.15) is 0 Å². The van der Waals surface area contributed by atoms with Crippen molar-refractivity contribution in [1.29, 1.82) is 0 Å². The molecule has 3 nitrogen and oxygen atoms in total. The van der Waals surface area contributed by atoms with Crippen LogP contribution in [-0.2, 0) is 4.79 Å². The Hall–Kier alpha value is -0.830. The van der Waals surface area contributed by atoms with Crippen molar-refractivity contribution < 1.29 is 9.90 Å². The van der Waals surface area contributed by atoms with Crippen molar-refractivity contribution in [3.8, 4) is 0 Å². The minimum Gasteiger partial charge on any atom is -0.480 e. The zero-order chi connectivity index (χ0) is 9.61. The van der Waals surface area contributed by atoms with Gasteiger partial charge >= 0.3 is 5.97 Å². The number of aliphatic carboxylic acids is 1. The van der Waals surface area contributed by atoms with Crippen molar-refractivity contribution in [2.24, 2.45) is 5.73 Å². The molecule has 0 aromatic carbocycles. The zero-order valence-electron chi connectivity index (χ0n) is 7.55. The summed E-state index contributed by atoms with van der Waals surface area (Å²) in [5, 5.41) is 8.65. The maximum Gasteiger partial charge on any atom is 0.323 e. The molecule has 0 aromatic rings. The molecule has 3 heteroatoms. The highest BCUT2D eigenvalue weighted by Gasteiger charge is 2.26. The number of hydrogen-bond acceptors (Lipinski definition) is 2. The molecule has 0 fully saturated rings. The molecule has 0 bridgehead atoms. The first kappa shape index (κ1) is 11.2. The third kappa shape index (κ3) is 4.13. The van der Waals surface area contributed by atoms with Gasteiger partial charge in [0.25, 0.3) is 0 Å². The highest BCUT2D eigenvalue weighted by molar-refractivity contribution is 5.77. The summed E-state index contributed by atoms with van der Waals surface area (Å²) in [5.41, 5.74) is 4.45. The minimum absolute atomic E-state index is 0.524. The number of nitrogens with two attached hydrogens (primary N) is 1. The van der Waals surface area contributed by atoms with Crippen LogP contribution >= 0.6 is 0 Å². The quantitative estimate of drug-likeness (QED) is 0.470. The van der Waals surface area contributed by atoms with Crippen molar-refractivity contribution in [2.45, 2.75) is 38.1 Å². The summed E-state index contributed by atoms with van der Waals surface area (Å²) >= 11 is 0. The molecule has 0 aliphatic heterocycles. The van der Waals surface area contributed by atoms with Crippen LogP contribution in [-0.4, -0.2) is 16.6 Å². The number of allylic oxidation sites excluding steroid dienone is 1. The predicted molar refractivity (Wildman–Crippen MR) is 48.9 cm³/mol. The van der Waals surface area contributed by atoms with Gasteiger partial charge in [0.05, 0.1) is 0 Å². The molecule has 0 unspecified atom stereocenters. The van der Waals surface area contributed by atoms with Gasteiger partial charge < -0.3 is 10.8 Å². The Bertz CT molecular complexity index is 164. The number of hydrogen-bond donors (Lipinski definition) is 2. The molecule has 0 aliphatic carbocycles. The smallest absolute Gasteiger partial charge is 0.323 e. The SMILES string of the molecule is C=CCCCC[C@](C)(N)C(=O)O. The molecule has 1 atom stereocenters. The van der Waals surface area contributed by atoms with E-state index in [4.69, 9.17) is 10.8 Å². The normalized spacial score (nSPS) is 15.2. The van der Waals surface area contributed by atoms with Crippen LogP contribution in [0.1, 0.15) is 32.6 Å². The maximum absolute atomic E-state index is 10.5. The third-order valence-corrected chi connectivity index (χ3v) is 1.84. The van der Waals surface area contributed by atoms with E-state index in [1.807, 2.05) is 6.08 Å². The lowest BCUT2D eigenvalue weighted by atomic mass is 9.96. The number of carbonyl (C=O) groups is 1. The van der Waals surface area contributed by atoms with E-state index in [1.54, 1.807) is 6.92 Å². The molecular formula is C9H17NO2. The first-order valence-electron chi connectivity index (χ1n) is 4.14. The molecular weight excluding hydrogens is 154 g/mol. The lowest BCUT2D eigenvalue weighted by Crippen LogP contribution is -2.44. The second kappa shape index (κ2) is 4.93. The van der Waals surface area contributed by atoms with Crippen LogP contribution in [0.4, 0.5) is 0 Å². The molecule has 3 N–H and O–H groups in total. The summed E-state index contributed by atoms with van der Waals surface area (Å²) in [5.74, 6) is -0.930. The summed E-state index contributed by atoms with van der Waals surface area (Å²) in [6.45, 7) is 5.13. The molecule has 0 heterocycles. The highest BCUT2D eigenvalue weighted by atomic mass is 16.4. The fourth-order valence-electron chi connectivity index (χ4n) is 0.888. The van der Waals surface area contributed by atoms with Crippen molar-refractivity contribution in [2.75, 3.05) is 0 Å². The topological polar surface area (TPSA) is 63.3 Å². The van der Waals surface area contributed by atoms with E-state index in [0.717, 1.165) is 19.3 Å². The van der Waals surface area contributed by atoms with E-state index < -0.39 is 11.5 Å². The number of unbranched alkanes of at least 4 members (excludes halogenated alkanes) is 2. The van der Waals surface area contributed by atoms with Gasteiger partial charge in [-0.15, -0.1) is 6.58 Å². The van der Waals surface area contributed by atoms with Crippen LogP contribution in [0.25, 0.3) is 0 Å². The van der Waals surface area contributed by atoms with Gasteiger partial charge in [0, 0.05) is 0 Å². The van der Waals surface area contributed by atoms with Crippen LogP contribution in [0.3, 0.4) is 0 Å². The van der Waals surface area contributed by atoms with Crippen molar-refractivity contribution in [1.82, 2.24) is 0 Å². The van der Waals surface area contributed by atoms with E-state index in [-0.39, 0.29) is 0 Å². The van der Waals surface area contributed by atoms with Gasteiger partial charge in [-0.1, -0.05) is 12.5 Å². The van der Waals surface area contributed by atoms with Crippen LogP contribution in [0.2, 0.25) is 0 Å². The molecule has 0 rings (SSSR count). The third-order valence-electron chi connectivity index (χ3n) is 1.84. The van der Waals surface area contributed by atoms with Crippen molar-refractivity contribution in [3.05, 3.63) is 12.7 Å². The van der Waals surface area contributed by atoms with Crippen LogP contribution < -0.4 is 5.73 Å². The molecule has 0 saturated carbocycles. The number of rotatable bonds is 6. The van der Waals surface area contributed by atoms with E-state index in [2.05, 4.69) is 6.58 Å². The zero-order valence-corrected chi connectivity index (χ0v) is 7.55. The van der Waals surface area contributed by atoms with Crippen molar-refractivity contribution in [3.63, 3.8) is 0 Å². The average molecular weight is 171 g/mol. The molecule has 0 radical (unpaired) electrons. The Balaban J connectivity index is 3.61. The Morgan fingerprint density at radius 1 is 1.67 bits per heavy atom. The summed E-state index contributed by atoms with van der Waals surface area (Å²) in [4.78, 5) is 10.5. The summed E-state index contributed by atoms with van der Waals surface area (Å²) in [6.07, 6.45) is 5.08. The van der Waals surface area contributed by atoms with Gasteiger partial charge in [-0.3, -0.25) is 4.79 Å². The molecule has 0 amide bonds. The number of carboxylic acid groups (broad SMARTS) is 1. The van der Waals surface area contributed by atoms with Gasteiger partial charge in [-0.25, -0.2) is 0 Å². The standard InChI is InChI=1S/C9H17NO2/c1-3-4-5-6-7-9(2,10)8(11)12/h3H,1,4-7,10H2,2H3,(H,11,12)/t9-/m0/s1. The van der Waals surface area contributed by atoms with Gasteiger partial charge in [-0.05, 0) is 26.2 Å². The second-order valence-electron chi connectivity index (χ2n) is 3.26. The monoisotopic (exact) mass is 171 g/mol. The predicted octanol–water partition coefficient (Wildman–Crippen LogP) is 1.53.